The number of rotatable bonds is 6. The minimum Gasteiger partial charge on any atom is -0.491 e. The van der Waals surface area contributed by atoms with Crippen molar-refractivity contribution in [1.29, 1.82) is 5.26 Å². The molecule has 1 saturated heterocycles. The topological polar surface area (TPSA) is 59.7 Å². The summed E-state index contributed by atoms with van der Waals surface area (Å²) in [5.41, 5.74) is 0.606. The Hall–Kier alpha value is -1.61. The van der Waals surface area contributed by atoms with Crippen LogP contribution in [0.4, 0.5) is 0 Å². The quantitative estimate of drug-likeness (QED) is 0.859. The number of ether oxygens (including phenoxy) is 1. The van der Waals surface area contributed by atoms with E-state index in [1.807, 2.05) is 0 Å². The van der Waals surface area contributed by atoms with Gasteiger partial charge < -0.3 is 19.6 Å². The van der Waals surface area contributed by atoms with E-state index in [2.05, 4.69) is 30.0 Å². The summed E-state index contributed by atoms with van der Waals surface area (Å²) in [6.07, 6.45) is 1.78. The Kier molecular flexibility index (Phi) is 6.20. The Labute approximate surface area is 132 Å². The molecule has 0 saturated carbocycles. The maximum atomic E-state index is 10.1. The van der Waals surface area contributed by atoms with Gasteiger partial charge in [0.1, 0.15) is 18.5 Å². The lowest BCUT2D eigenvalue weighted by atomic mass is 10.0. The van der Waals surface area contributed by atoms with Crippen LogP contribution < -0.4 is 4.74 Å². The summed E-state index contributed by atoms with van der Waals surface area (Å²) in [5, 5.41) is 18.9. The lowest BCUT2D eigenvalue weighted by Crippen LogP contribution is -2.45. The van der Waals surface area contributed by atoms with Crippen molar-refractivity contribution in [1.82, 2.24) is 9.80 Å². The Morgan fingerprint density at radius 2 is 2.00 bits per heavy atom. The van der Waals surface area contributed by atoms with E-state index in [-0.39, 0.29) is 6.61 Å². The lowest BCUT2D eigenvalue weighted by molar-refractivity contribution is 0.0498. The number of nitriles is 1. The van der Waals surface area contributed by atoms with Crippen LogP contribution >= 0.6 is 0 Å². The molecular weight excluding hydrogens is 278 g/mol. The van der Waals surface area contributed by atoms with Crippen molar-refractivity contribution in [2.45, 2.75) is 25.0 Å². The molecule has 0 unspecified atom stereocenters. The fourth-order valence-corrected chi connectivity index (χ4v) is 2.79. The molecule has 0 aromatic heterocycles. The number of hydrogen-bond acceptors (Lipinski definition) is 5. The standard InChI is InChI=1S/C17H25N3O2/c1-19-9-7-15(8-10-19)20(2)12-16(21)13-22-17-5-3-14(11-18)4-6-17/h3-6,15-16,21H,7-10,12-13H2,1-2H3/t16-/m0/s1. The predicted octanol–water partition coefficient (Wildman–Crippen LogP) is 1.32. The van der Waals surface area contributed by atoms with Gasteiger partial charge in [-0.1, -0.05) is 0 Å². The first-order valence-electron chi connectivity index (χ1n) is 7.78. The van der Waals surface area contributed by atoms with Crippen molar-refractivity contribution < 1.29 is 9.84 Å². The average Bonchev–Trinajstić information content (AvgIpc) is 2.54. The smallest absolute Gasteiger partial charge is 0.119 e. The van der Waals surface area contributed by atoms with Gasteiger partial charge in [0.15, 0.2) is 0 Å². The minimum atomic E-state index is -0.514. The summed E-state index contributed by atoms with van der Waals surface area (Å²) >= 11 is 0. The molecule has 0 amide bonds. The third kappa shape index (κ3) is 4.99. The Morgan fingerprint density at radius 3 is 2.59 bits per heavy atom. The maximum absolute atomic E-state index is 10.1. The average molecular weight is 303 g/mol. The first kappa shape index (κ1) is 16.8. The molecule has 1 N–H and O–H groups in total. The number of likely N-dealkylation sites (tertiary alicyclic amines) is 1. The SMILES string of the molecule is CN1CCC(N(C)C[C@H](O)COc2ccc(C#N)cc2)CC1. The first-order chi connectivity index (χ1) is 10.6. The van der Waals surface area contributed by atoms with Gasteiger partial charge in [0.05, 0.1) is 11.6 Å². The second kappa shape index (κ2) is 8.14. The van der Waals surface area contributed by atoms with Crippen LogP contribution in [0.2, 0.25) is 0 Å². The zero-order chi connectivity index (χ0) is 15.9. The number of nitrogens with zero attached hydrogens (tertiary/aromatic N) is 3. The van der Waals surface area contributed by atoms with Crippen LogP contribution in [0.15, 0.2) is 24.3 Å². The van der Waals surface area contributed by atoms with Crippen molar-refractivity contribution in [2.24, 2.45) is 0 Å². The van der Waals surface area contributed by atoms with E-state index in [0.717, 1.165) is 25.9 Å². The Balaban J connectivity index is 1.72. The van der Waals surface area contributed by atoms with Crippen LogP contribution in [-0.4, -0.2) is 67.4 Å². The van der Waals surface area contributed by atoms with Gasteiger partial charge in [0.25, 0.3) is 0 Å². The zero-order valence-electron chi connectivity index (χ0n) is 13.4. The van der Waals surface area contributed by atoms with E-state index in [1.54, 1.807) is 24.3 Å². The van der Waals surface area contributed by atoms with Crippen molar-refractivity contribution in [3.8, 4) is 11.8 Å². The molecule has 2 rings (SSSR count). The number of hydrogen-bond donors (Lipinski definition) is 1. The first-order valence-corrected chi connectivity index (χ1v) is 7.78. The number of aliphatic hydroxyl groups excluding tert-OH is 1. The number of piperidine rings is 1. The highest BCUT2D eigenvalue weighted by atomic mass is 16.5. The highest BCUT2D eigenvalue weighted by molar-refractivity contribution is 5.34. The largest absolute Gasteiger partial charge is 0.491 e. The molecule has 1 fully saturated rings. The van der Waals surface area contributed by atoms with E-state index < -0.39 is 6.10 Å². The fourth-order valence-electron chi connectivity index (χ4n) is 2.79. The van der Waals surface area contributed by atoms with Gasteiger partial charge in [-0.15, -0.1) is 0 Å². The van der Waals surface area contributed by atoms with Crippen LogP contribution in [0.3, 0.4) is 0 Å². The fraction of sp³-hybridized carbons (Fsp3) is 0.588. The molecule has 1 atom stereocenters. The molecule has 5 heteroatoms. The van der Waals surface area contributed by atoms with Crippen LogP contribution in [0.1, 0.15) is 18.4 Å². The molecule has 120 valence electrons. The minimum absolute atomic E-state index is 0.267. The molecule has 1 aliphatic heterocycles. The van der Waals surface area contributed by atoms with E-state index in [0.29, 0.717) is 23.9 Å². The van der Waals surface area contributed by atoms with Gasteiger partial charge >= 0.3 is 0 Å². The highest BCUT2D eigenvalue weighted by Crippen LogP contribution is 2.15. The highest BCUT2D eigenvalue weighted by Gasteiger charge is 2.22. The molecular formula is C17H25N3O2. The van der Waals surface area contributed by atoms with E-state index >= 15 is 0 Å². The third-order valence-corrected chi connectivity index (χ3v) is 4.24. The lowest BCUT2D eigenvalue weighted by Gasteiger charge is -2.35. The summed E-state index contributed by atoms with van der Waals surface area (Å²) in [6, 6.07) is 9.55. The van der Waals surface area contributed by atoms with Crippen molar-refractivity contribution in [3.05, 3.63) is 29.8 Å². The predicted molar refractivity (Wildman–Crippen MR) is 85.8 cm³/mol. The molecule has 5 nitrogen and oxygen atoms in total. The molecule has 1 aromatic rings. The Morgan fingerprint density at radius 1 is 1.36 bits per heavy atom. The van der Waals surface area contributed by atoms with Gasteiger partial charge in [-0.2, -0.15) is 5.26 Å². The van der Waals surface area contributed by atoms with Crippen LogP contribution in [-0.2, 0) is 0 Å². The molecule has 0 radical (unpaired) electrons. The Bertz CT molecular complexity index is 490. The van der Waals surface area contributed by atoms with Crippen LogP contribution in [0, 0.1) is 11.3 Å². The number of aliphatic hydroxyl groups is 1. The molecule has 22 heavy (non-hydrogen) atoms. The summed E-state index contributed by atoms with van der Waals surface area (Å²) in [5.74, 6) is 0.681. The molecule has 1 heterocycles. The van der Waals surface area contributed by atoms with Crippen molar-refractivity contribution in [2.75, 3.05) is 40.3 Å². The van der Waals surface area contributed by atoms with Gasteiger partial charge in [0, 0.05) is 12.6 Å². The van der Waals surface area contributed by atoms with E-state index in [4.69, 9.17) is 10.00 Å². The van der Waals surface area contributed by atoms with Crippen LogP contribution in [0.5, 0.6) is 5.75 Å². The van der Waals surface area contributed by atoms with E-state index in [1.165, 1.54) is 0 Å². The second-order valence-corrected chi connectivity index (χ2v) is 6.08. The molecule has 0 aliphatic carbocycles. The molecule has 1 aromatic carbocycles. The normalized spacial score (nSPS) is 18.1. The van der Waals surface area contributed by atoms with Crippen molar-refractivity contribution >= 4 is 0 Å². The summed E-state index contributed by atoms with van der Waals surface area (Å²) < 4.78 is 5.58. The molecule has 0 spiro atoms. The number of likely N-dealkylation sites (N-methyl/N-ethyl adjacent to an activating group) is 1. The third-order valence-electron chi connectivity index (χ3n) is 4.24. The second-order valence-electron chi connectivity index (χ2n) is 6.08. The maximum Gasteiger partial charge on any atom is 0.119 e. The van der Waals surface area contributed by atoms with Gasteiger partial charge in [-0.05, 0) is 64.3 Å². The summed E-state index contributed by atoms with van der Waals surface area (Å²) in [6.45, 7) is 3.12. The zero-order valence-corrected chi connectivity index (χ0v) is 13.4. The monoisotopic (exact) mass is 303 g/mol. The van der Waals surface area contributed by atoms with Gasteiger partial charge in [-0.3, -0.25) is 0 Å². The molecule has 0 bridgehead atoms. The van der Waals surface area contributed by atoms with Gasteiger partial charge in [-0.25, -0.2) is 0 Å². The summed E-state index contributed by atoms with van der Waals surface area (Å²) in [7, 11) is 4.22. The number of benzene rings is 1. The van der Waals surface area contributed by atoms with Gasteiger partial charge in [0.2, 0.25) is 0 Å². The summed E-state index contributed by atoms with van der Waals surface area (Å²) in [4.78, 5) is 4.58. The van der Waals surface area contributed by atoms with Crippen LogP contribution in [0.25, 0.3) is 0 Å². The van der Waals surface area contributed by atoms with Crippen molar-refractivity contribution in [3.63, 3.8) is 0 Å². The van der Waals surface area contributed by atoms with E-state index in [9.17, 15) is 5.11 Å². The molecule has 1 aliphatic rings.